The Labute approximate surface area is 170 Å². The van der Waals surface area contributed by atoms with Gasteiger partial charge in [-0.3, -0.25) is 5.32 Å². The summed E-state index contributed by atoms with van der Waals surface area (Å²) in [5.74, 6) is 0.976. The van der Waals surface area contributed by atoms with Gasteiger partial charge in [-0.05, 0) is 38.0 Å². The Balaban J connectivity index is 2.02. The molecular weight excluding hydrogens is 372 g/mol. The van der Waals surface area contributed by atoms with Gasteiger partial charge in [-0.1, -0.05) is 19.8 Å². The highest BCUT2D eigenvalue weighted by Gasteiger charge is 2.23. The van der Waals surface area contributed by atoms with Gasteiger partial charge < -0.3 is 19.8 Å². The van der Waals surface area contributed by atoms with E-state index >= 15 is 0 Å². The van der Waals surface area contributed by atoms with E-state index in [1.165, 1.54) is 7.11 Å². The first-order chi connectivity index (χ1) is 14.0. The van der Waals surface area contributed by atoms with Gasteiger partial charge in [0.15, 0.2) is 0 Å². The average molecular weight is 400 g/mol. The maximum absolute atomic E-state index is 12.5. The third-order valence-corrected chi connectivity index (χ3v) is 5.07. The molecule has 0 aliphatic carbocycles. The molecule has 1 aliphatic rings. The number of fused-ring (bicyclic) bond motifs is 4. The first-order valence-corrected chi connectivity index (χ1v) is 9.99. The summed E-state index contributed by atoms with van der Waals surface area (Å²) < 4.78 is 9.94. The van der Waals surface area contributed by atoms with Gasteiger partial charge in [-0.2, -0.15) is 0 Å². The highest BCUT2D eigenvalue weighted by atomic mass is 16.5. The number of aromatic nitrogens is 2. The number of esters is 1. The number of nitrogens with zero attached hydrogens (tertiary/aromatic N) is 1. The lowest BCUT2D eigenvalue weighted by Crippen LogP contribution is -2.31. The molecule has 1 amide bonds. The van der Waals surface area contributed by atoms with Crippen molar-refractivity contribution in [1.29, 1.82) is 0 Å². The summed E-state index contributed by atoms with van der Waals surface area (Å²) >= 11 is 0. The van der Waals surface area contributed by atoms with Gasteiger partial charge in [0, 0.05) is 29.1 Å². The fourth-order valence-corrected chi connectivity index (χ4v) is 3.48. The minimum atomic E-state index is -0.559. The van der Waals surface area contributed by atoms with Crippen LogP contribution in [0.15, 0.2) is 24.4 Å². The van der Waals surface area contributed by atoms with Gasteiger partial charge in [-0.25, -0.2) is 14.6 Å². The van der Waals surface area contributed by atoms with Gasteiger partial charge in [0.1, 0.15) is 11.9 Å². The molecule has 3 N–H and O–H groups in total. The number of carbonyl (C=O) groups is 2. The third kappa shape index (κ3) is 5.07. The lowest BCUT2D eigenvalue weighted by molar-refractivity contribution is -0.144. The third-order valence-electron chi connectivity index (χ3n) is 5.07. The van der Waals surface area contributed by atoms with Crippen LogP contribution in [0.3, 0.4) is 0 Å². The Hall–Kier alpha value is -3.03. The molecule has 156 valence electrons. The Bertz CT molecular complexity index is 864. The van der Waals surface area contributed by atoms with Gasteiger partial charge in [0.05, 0.1) is 19.4 Å². The number of methoxy groups -OCH3 is 1. The summed E-state index contributed by atoms with van der Waals surface area (Å²) in [7, 11) is 1.31. The van der Waals surface area contributed by atoms with Crippen LogP contribution in [0.2, 0.25) is 0 Å². The number of nitrogens with one attached hydrogen (secondary N) is 3. The van der Waals surface area contributed by atoms with Crippen molar-refractivity contribution in [1.82, 2.24) is 9.97 Å². The van der Waals surface area contributed by atoms with E-state index in [-0.39, 0.29) is 5.97 Å². The monoisotopic (exact) mass is 400 g/mol. The molecule has 2 atom stereocenters. The standard InChI is InChI=1S/C21H28N4O4/c1-4-29-20(26)16-8-6-5-7-13(2)19-22-12-18(25-19)15-10-9-14(11-17(15)24-16)23-21(27)28-3/h9-13,16,24H,4-8H2,1-3H3,(H,22,25)(H,23,27). The number of imidazole rings is 1. The predicted molar refractivity (Wildman–Crippen MR) is 111 cm³/mol. The van der Waals surface area contributed by atoms with E-state index in [0.717, 1.165) is 36.3 Å². The summed E-state index contributed by atoms with van der Waals surface area (Å²) in [5.41, 5.74) is 2.87. The number of rotatable bonds is 3. The van der Waals surface area contributed by atoms with Crippen molar-refractivity contribution in [2.75, 3.05) is 24.4 Å². The second-order valence-electron chi connectivity index (χ2n) is 7.18. The zero-order valence-corrected chi connectivity index (χ0v) is 17.1. The van der Waals surface area contributed by atoms with Gasteiger partial charge in [-0.15, -0.1) is 0 Å². The maximum atomic E-state index is 12.5. The van der Waals surface area contributed by atoms with Crippen LogP contribution in [0.25, 0.3) is 11.3 Å². The van der Waals surface area contributed by atoms with E-state index in [0.29, 0.717) is 30.3 Å². The average Bonchev–Trinajstić information content (AvgIpc) is 3.19. The van der Waals surface area contributed by atoms with Crippen LogP contribution in [-0.4, -0.2) is 41.8 Å². The van der Waals surface area contributed by atoms with E-state index in [9.17, 15) is 9.59 Å². The molecule has 0 radical (unpaired) electrons. The summed E-state index contributed by atoms with van der Waals surface area (Å²) in [6, 6.07) is 4.95. The number of aromatic amines is 1. The second kappa shape index (κ2) is 9.45. The highest BCUT2D eigenvalue weighted by molar-refractivity contribution is 5.89. The fraction of sp³-hybridized carbons (Fsp3) is 0.476. The summed E-state index contributed by atoms with van der Waals surface area (Å²) in [6.07, 6.45) is 4.86. The number of carbonyl (C=O) groups excluding carboxylic acids is 2. The molecule has 0 saturated carbocycles. The van der Waals surface area contributed by atoms with Gasteiger partial charge in [0.2, 0.25) is 0 Å². The van der Waals surface area contributed by atoms with Crippen molar-refractivity contribution in [2.45, 2.75) is 51.5 Å². The molecule has 0 spiro atoms. The molecule has 1 aromatic heterocycles. The molecular formula is C21H28N4O4. The van der Waals surface area contributed by atoms with E-state index in [4.69, 9.17) is 9.72 Å². The Kier molecular flexibility index (Phi) is 6.74. The van der Waals surface area contributed by atoms with Crippen molar-refractivity contribution < 1.29 is 19.1 Å². The Morgan fingerprint density at radius 1 is 1.28 bits per heavy atom. The minimum absolute atomic E-state index is 0.280. The number of amides is 1. The van der Waals surface area contributed by atoms with Crippen LogP contribution in [0.1, 0.15) is 51.3 Å². The van der Waals surface area contributed by atoms with Crippen LogP contribution in [0.5, 0.6) is 0 Å². The van der Waals surface area contributed by atoms with Crippen LogP contribution >= 0.6 is 0 Å². The minimum Gasteiger partial charge on any atom is -0.464 e. The number of hydrogen-bond acceptors (Lipinski definition) is 6. The molecule has 0 saturated heterocycles. The molecule has 2 unspecified atom stereocenters. The molecule has 2 bridgehead atoms. The van der Waals surface area contributed by atoms with Crippen molar-refractivity contribution in [3.8, 4) is 11.3 Å². The molecule has 2 heterocycles. The largest absolute Gasteiger partial charge is 0.464 e. The summed E-state index contributed by atoms with van der Waals surface area (Å²) in [4.78, 5) is 32.2. The number of anilines is 2. The van der Waals surface area contributed by atoms with Crippen LogP contribution < -0.4 is 10.6 Å². The van der Waals surface area contributed by atoms with E-state index in [1.807, 2.05) is 12.3 Å². The first-order valence-electron chi connectivity index (χ1n) is 9.99. The lowest BCUT2D eigenvalue weighted by Gasteiger charge is -2.21. The zero-order chi connectivity index (χ0) is 20.8. The summed E-state index contributed by atoms with van der Waals surface area (Å²) in [6.45, 7) is 4.28. The number of benzene rings is 1. The van der Waals surface area contributed by atoms with E-state index in [2.05, 4.69) is 27.3 Å². The van der Waals surface area contributed by atoms with Crippen molar-refractivity contribution in [3.63, 3.8) is 0 Å². The summed E-state index contributed by atoms with van der Waals surface area (Å²) in [5, 5.41) is 5.98. The lowest BCUT2D eigenvalue weighted by atomic mass is 9.99. The zero-order valence-electron chi connectivity index (χ0n) is 17.1. The van der Waals surface area contributed by atoms with Crippen molar-refractivity contribution in [3.05, 3.63) is 30.2 Å². The molecule has 29 heavy (non-hydrogen) atoms. The fourth-order valence-electron chi connectivity index (χ4n) is 3.48. The Morgan fingerprint density at radius 2 is 2.07 bits per heavy atom. The number of ether oxygens (including phenoxy) is 2. The van der Waals surface area contributed by atoms with Gasteiger partial charge in [0.25, 0.3) is 0 Å². The van der Waals surface area contributed by atoms with Crippen molar-refractivity contribution in [2.24, 2.45) is 0 Å². The maximum Gasteiger partial charge on any atom is 0.411 e. The molecule has 8 nitrogen and oxygen atoms in total. The number of hydrogen-bond donors (Lipinski definition) is 3. The smallest absolute Gasteiger partial charge is 0.411 e. The molecule has 1 aromatic carbocycles. The molecule has 0 fully saturated rings. The van der Waals surface area contributed by atoms with Crippen LogP contribution in [0, 0.1) is 0 Å². The SMILES string of the molecule is CCOC(=O)C1CCCCC(C)c2nc(c[nH]2)-c2ccc(NC(=O)OC)cc2N1. The topological polar surface area (TPSA) is 105 Å². The molecule has 8 heteroatoms. The molecule has 1 aliphatic heterocycles. The van der Waals surface area contributed by atoms with E-state index < -0.39 is 12.1 Å². The van der Waals surface area contributed by atoms with Gasteiger partial charge >= 0.3 is 12.1 Å². The van der Waals surface area contributed by atoms with Crippen LogP contribution in [0.4, 0.5) is 16.2 Å². The second-order valence-corrected chi connectivity index (χ2v) is 7.18. The van der Waals surface area contributed by atoms with Crippen LogP contribution in [-0.2, 0) is 14.3 Å². The predicted octanol–water partition coefficient (Wildman–Crippen LogP) is 4.28. The quantitative estimate of drug-likeness (QED) is 0.664. The molecule has 3 rings (SSSR count). The highest BCUT2D eigenvalue weighted by Crippen LogP contribution is 2.33. The van der Waals surface area contributed by atoms with E-state index in [1.54, 1.807) is 19.1 Å². The first kappa shape index (κ1) is 20.7. The molecule has 2 aromatic rings. The Morgan fingerprint density at radius 3 is 2.83 bits per heavy atom. The normalized spacial score (nSPS) is 19.0. The number of H-pyrrole nitrogens is 1. The van der Waals surface area contributed by atoms with Crippen molar-refractivity contribution >= 4 is 23.4 Å².